The van der Waals surface area contributed by atoms with E-state index in [9.17, 15) is 0 Å². The van der Waals surface area contributed by atoms with Crippen molar-refractivity contribution in [3.8, 4) is 0 Å². The van der Waals surface area contributed by atoms with E-state index in [1.807, 2.05) is 20.8 Å². The lowest BCUT2D eigenvalue weighted by Crippen LogP contribution is -2.60. The highest BCUT2D eigenvalue weighted by molar-refractivity contribution is 6.62. The first-order valence-electron chi connectivity index (χ1n) is 10.0. The summed E-state index contributed by atoms with van der Waals surface area (Å²) < 4.78 is 41.4. The molecule has 0 aliphatic carbocycles. The van der Waals surface area contributed by atoms with Crippen molar-refractivity contribution in [3.05, 3.63) is 0 Å². The van der Waals surface area contributed by atoms with Crippen molar-refractivity contribution >= 4 is 8.80 Å². The molecule has 8 heteroatoms. The highest BCUT2D eigenvalue weighted by atomic mass is 28.4. The van der Waals surface area contributed by atoms with Gasteiger partial charge in [-0.3, -0.25) is 0 Å². The van der Waals surface area contributed by atoms with Gasteiger partial charge in [0.1, 0.15) is 17.9 Å². The molecule has 0 aromatic rings. The fourth-order valence-electron chi connectivity index (χ4n) is 2.95. The van der Waals surface area contributed by atoms with Crippen LogP contribution in [-0.2, 0) is 32.2 Å². The third-order valence-corrected chi connectivity index (χ3v) is 7.96. The van der Waals surface area contributed by atoms with Crippen LogP contribution in [0, 0.1) is 0 Å². The lowest BCUT2D eigenvalue weighted by Gasteiger charge is -2.38. The lowest BCUT2D eigenvalue weighted by molar-refractivity contribution is -0.0788. The van der Waals surface area contributed by atoms with E-state index >= 15 is 0 Å². The molecule has 0 amide bonds. The Morgan fingerprint density at radius 3 is 1.85 bits per heavy atom. The topological polar surface area (TPSA) is 71.2 Å². The second-order valence-corrected chi connectivity index (χ2v) is 9.38. The van der Waals surface area contributed by atoms with Gasteiger partial charge in [-0.15, -0.1) is 0 Å². The van der Waals surface area contributed by atoms with E-state index in [1.54, 1.807) is 0 Å². The molecule has 26 heavy (non-hydrogen) atoms. The van der Waals surface area contributed by atoms with Crippen LogP contribution in [0.4, 0.5) is 0 Å². The summed E-state index contributed by atoms with van der Waals surface area (Å²) >= 11 is 0. The SMILES string of the molecule is CCO[Si](OCC)(OC(C)C(CC)OCC1CO1)C(CC)OCC1CO1. The third-order valence-electron chi connectivity index (χ3n) is 4.52. The number of rotatable bonds is 16. The standard InChI is InChI=1S/C18H36O7Si/c1-6-17(21-12-15-10-19-15)14(5)25-26(23-8-3,24-9-4)18(7-2)22-13-16-11-20-16/h14-18H,6-13H2,1-5H3. The minimum Gasteiger partial charge on any atom is -0.373 e. The first-order chi connectivity index (χ1) is 12.6. The quantitative estimate of drug-likeness (QED) is 0.295. The number of hydrogen-bond acceptors (Lipinski definition) is 7. The van der Waals surface area contributed by atoms with Crippen LogP contribution in [0.1, 0.15) is 47.5 Å². The minimum absolute atomic E-state index is 0.0312. The Morgan fingerprint density at radius 1 is 0.885 bits per heavy atom. The Morgan fingerprint density at radius 2 is 1.42 bits per heavy atom. The predicted octanol–water partition coefficient (Wildman–Crippen LogP) is 2.33. The van der Waals surface area contributed by atoms with Crippen LogP contribution in [0.2, 0.25) is 0 Å². The number of ether oxygens (including phenoxy) is 4. The van der Waals surface area contributed by atoms with Crippen molar-refractivity contribution in [2.45, 2.75) is 77.6 Å². The van der Waals surface area contributed by atoms with Crippen molar-refractivity contribution in [1.29, 1.82) is 0 Å². The predicted molar refractivity (Wildman–Crippen MR) is 99.1 cm³/mol. The first-order valence-corrected chi connectivity index (χ1v) is 11.8. The van der Waals surface area contributed by atoms with E-state index in [0.717, 1.165) is 26.1 Å². The van der Waals surface area contributed by atoms with Crippen LogP contribution in [0.5, 0.6) is 0 Å². The monoisotopic (exact) mass is 392 g/mol. The fraction of sp³-hybridized carbons (Fsp3) is 1.00. The fourth-order valence-corrected chi connectivity index (χ4v) is 5.97. The van der Waals surface area contributed by atoms with Crippen LogP contribution < -0.4 is 0 Å². The minimum atomic E-state index is -3.04. The van der Waals surface area contributed by atoms with Crippen molar-refractivity contribution in [3.63, 3.8) is 0 Å². The zero-order valence-electron chi connectivity index (χ0n) is 16.9. The Balaban J connectivity index is 2.03. The summed E-state index contributed by atoms with van der Waals surface area (Å²) in [5, 5.41) is 0. The lowest BCUT2D eigenvalue weighted by atomic mass is 10.2. The van der Waals surface area contributed by atoms with Crippen LogP contribution in [-0.4, -0.2) is 78.6 Å². The molecule has 0 spiro atoms. The molecule has 0 bridgehead atoms. The third kappa shape index (κ3) is 6.83. The van der Waals surface area contributed by atoms with Crippen molar-refractivity contribution < 1.29 is 32.2 Å². The smallest absolute Gasteiger partial charge is 0.373 e. The molecular formula is C18H36O7Si. The molecule has 0 aromatic carbocycles. The molecule has 2 aliphatic heterocycles. The number of hydrogen-bond donors (Lipinski definition) is 0. The van der Waals surface area contributed by atoms with Crippen LogP contribution in [0.3, 0.4) is 0 Å². The zero-order chi connectivity index (χ0) is 19.0. The van der Waals surface area contributed by atoms with Crippen molar-refractivity contribution in [2.75, 3.05) is 39.6 Å². The average Bonchev–Trinajstić information content (AvgIpc) is 3.51. The molecule has 2 rings (SSSR count). The van der Waals surface area contributed by atoms with E-state index in [1.165, 1.54) is 0 Å². The van der Waals surface area contributed by atoms with Gasteiger partial charge in [0.15, 0.2) is 0 Å². The maximum Gasteiger partial charge on any atom is 0.531 e. The summed E-state index contributed by atoms with van der Waals surface area (Å²) in [6.07, 6.45) is 1.86. The largest absolute Gasteiger partial charge is 0.531 e. The van der Waals surface area contributed by atoms with Crippen LogP contribution >= 0.6 is 0 Å². The molecular weight excluding hydrogens is 356 g/mol. The molecule has 2 heterocycles. The van der Waals surface area contributed by atoms with Crippen LogP contribution in [0.25, 0.3) is 0 Å². The van der Waals surface area contributed by atoms with Gasteiger partial charge in [-0.25, -0.2) is 0 Å². The Bertz CT molecular complexity index is 384. The second-order valence-electron chi connectivity index (χ2n) is 6.71. The van der Waals surface area contributed by atoms with Gasteiger partial charge in [0.05, 0.1) is 38.6 Å². The van der Waals surface area contributed by atoms with Gasteiger partial charge in [0.25, 0.3) is 0 Å². The van der Waals surface area contributed by atoms with Gasteiger partial charge in [0, 0.05) is 13.2 Å². The van der Waals surface area contributed by atoms with Crippen LogP contribution in [0.15, 0.2) is 0 Å². The Kier molecular flexibility index (Phi) is 9.46. The molecule has 154 valence electrons. The highest BCUT2D eigenvalue weighted by Gasteiger charge is 2.52. The van der Waals surface area contributed by atoms with E-state index < -0.39 is 8.80 Å². The van der Waals surface area contributed by atoms with Crippen molar-refractivity contribution in [2.24, 2.45) is 0 Å². The summed E-state index contributed by atoms with van der Waals surface area (Å²) in [7, 11) is -3.04. The molecule has 2 fully saturated rings. The van der Waals surface area contributed by atoms with Gasteiger partial charge < -0.3 is 32.2 Å². The number of epoxide rings is 2. The molecule has 0 aromatic heterocycles. The van der Waals surface area contributed by atoms with Gasteiger partial charge >= 0.3 is 8.80 Å². The molecule has 2 aliphatic rings. The molecule has 5 unspecified atom stereocenters. The van der Waals surface area contributed by atoms with Gasteiger partial charge in [-0.1, -0.05) is 13.8 Å². The summed E-state index contributed by atoms with van der Waals surface area (Å²) in [4.78, 5) is 0. The summed E-state index contributed by atoms with van der Waals surface area (Å²) in [6, 6.07) is 0. The van der Waals surface area contributed by atoms with Gasteiger partial charge in [-0.05, 0) is 33.6 Å². The molecule has 0 N–H and O–H groups in total. The highest BCUT2D eigenvalue weighted by Crippen LogP contribution is 2.26. The van der Waals surface area contributed by atoms with E-state index in [-0.39, 0.29) is 30.1 Å². The Hall–Kier alpha value is -0.0631. The zero-order valence-corrected chi connectivity index (χ0v) is 17.9. The second kappa shape index (κ2) is 11.1. The van der Waals surface area contributed by atoms with E-state index in [0.29, 0.717) is 26.4 Å². The van der Waals surface area contributed by atoms with Crippen molar-refractivity contribution in [1.82, 2.24) is 0 Å². The maximum absolute atomic E-state index is 6.49. The first kappa shape index (κ1) is 22.2. The van der Waals surface area contributed by atoms with Gasteiger partial charge in [0.2, 0.25) is 0 Å². The molecule has 5 atom stereocenters. The molecule has 0 saturated carbocycles. The van der Waals surface area contributed by atoms with Gasteiger partial charge in [-0.2, -0.15) is 0 Å². The summed E-state index contributed by atoms with van der Waals surface area (Å²) in [5.74, 6) is 0. The molecule has 0 radical (unpaired) electrons. The summed E-state index contributed by atoms with van der Waals surface area (Å²) in [6.45, 7) is 13.9. The van der Waals surface area contributed by atoms with E-state index in [4.69, 9.17) is 32.2 Å². The Labute approximate surface area is 158 Å². The molecule has 2 saturated heterocycles. The molecule has 7 nitrogen and oxygen atoms in total. The van der Waals surface area contributed by atoms with E-state index in [2.05, 4.69) is 13.8 Å². The summed E-state index contributed by atoms with van der Waals surface area (Å²) in [5.41, 5.74) is -0.210. The normalized spacial score (nSPS) is 25.7. The maximum atomic E-state index is 6.49. The average molecular weight is 393 g/mol.